The molecule has 0 radical (unpaired) electrons. The average Bonchev–Trinajstić information content (AvgIpc) is 2.87. The molecule has 0 bridgehead atoms. The molecule has 0 atom stereocenters. The maximum atomic E-state index is 12.1. The largest absolute Gasteiger partial charge is 0.496 e. The summed E-state index contributed by atoms with van der Waals surface area (Å²) in [6, 6.07) is 9.65. The van der Waals surface area contributed by atoms with E-state index < -0.39 is 16.8 Å². The molecule has 10 nitrogen and oxygen atoms in total. The SMILES string of the molecule is COCCCNc1c(Nc2ccc(Oc3ccnc4cc(OC)c(C(N)=O)cc34)cc2Cl)c(=O)c1=O. The Hall–Kier alpha value is -4.15. The summed E-state index contributed by atoms with van der Waals surface area (Å²) in [7, 11) is 3.03. The van der Waals surface area contributed by atoms with Crippen LogP contribution in [0.5, 0.6) is 17.2 Å². The Morgan fingerprint density at radius 2 is 1.83 bits per heavy atom. The minimum absolute atomic E-state index is 0.154. The number of anilines is 3. The van der Waals surface area contributed by atoms with Gasteiger partial charge >= 0.3 is 0 Å². The second-order valence-corrected chi connectivity index (χ2v) is 8.20. The number of nitrogens with one attached hydrogen (secondary N) is 2. The summed E-state index contributed by atoms with van der Waals surface area (Å²) in [4.78, 5) is 40.2. The molecule has 1 amide bonds. The number of hydrogen-bond donors (Lipinski definition) is 3. The van der Waals surface area contributed by atoms with Crippen molar-refractivity contribution in [1.82, 2.24) is 4.98 Å². The summed E-state index contributed by atoms with van der Waals surface area (Å²) in [6.45, 7) is 1.01. The van der Waals surface area contributed by atoms with Crippen molar-refractivity contribution < 1.29 is 19.0 Å². The van der Waals surface area contributed by atoms with Crippen LogP contribution in [-0.2, 0) is 4.74 Å². The molecular formula is C25H23ClN4O6. The first-order valence-electron chi connectivity index (χ1n) is 10.9. The van der Waals surface area contributed by atoms with Gasteiger partial charge in [0, 0.05) is 44.0 Å². The van der Waals surface area contributed by atoms with Gasteiger partial charge in [0.1, 0.15) is 28.6 Å². The Balaban J connectivity index is 1.56. The van der Waals surface area contributed by atoms with Gasteiger partial charge in [-0.1, -0.05) is 11.6 Å². The molecule has 4 aromatic rings. The van der Waals surface area contributed by atoms with Crippen molar-refractivity contribution in [3.05, 3.63) is 73.6 Å². The molecule has 0 aliphatic heterocycles. The number of rotatable bonds is 11. The van der Waals surface area contributed by atoms with E-state index in [0.717, 1.165) is 0 Å². The van der Waals surface area contributed by atoms with Crippen molar-refractivity contribution in [2.24, 2.45) is 5.73 Å². The van der Waals surface area contributed by atoms with E-state index in [9.17, 15) is 14.4 Å². The van der Waals surface area contributed by atoms with E-state index >= 15 is 0 Å². The number of halogens is 1. The van der Waals surface area contributed by atoms with Gasteiger partial charge in [-0.2, -0.15) is 0 Å². The van der Waals surface area contributed by atoms with Crippen molar-refractivity contribution in [1.29, 1.82) is 0 Å². The minimum Gasteiger partial charge on any atom is -0.496 e. The highest BCUT2D eigenvalue weighted by Gasteiger charge is 2.21. The number of nitrogens with zero attached hydrogens (tertiary/aromatic N) is 1. The molecule has 0 fully saturated rings. The molecule has 4 N–H and O–H groups in total. The van der Waals surface area contributed by atoms with Crippen molar-refractivity contribution in [2.75, 3.05) is 38.0 Å². The predicted molar refractivity (Wildman–Crippen MR) is 138 cm³/mol. The molecule has 186 valence electrons. The van der Waals surface area contributed by atoms with Gasteiger partial charge in [-0.15, -0.1) is 0 Å². The van der Waals surface area contributed by atoms with Gasteiger partial charge < -0.3 is 30.6 Å². The molecule has 1 heterocycles. The lowest BCUT2D eigenvalue weighted by atomic mass is 10.1. The Morgan fingerprint density at radius 3 is 2.53 bits per heavy atom. The number of amides is 1. The maximum absolute atomic E-state index is 12.1. The topological polar surface area (TPSA) is 142 Å². The molecule has 0 saturated heterocycles. The fraction of sp³-hybridized carbons (Fsp3) is 0.200. The zero-order chi connectivity index (χ0) is 25.8. The zero-order valence-corrected chi connectivity index (χ0v) is 20.3. The quantitative estimate of drug-likeness (QED) is 0.204. The number of ether oxygens (including phenoxy) is 3. The Labute approximate surface area is 210 Å². The number of nitrogens with two attached hydrogens (primary N) is 1. The third kappa shape index (κ3) is 4.95. The fourth-order valence-corrected chi connectivity index (χ4v) is 3.85. The third-order valence-electron chi connectivity index (χ3n) is 5.45. The maximum Gasteiger partial charge on any atom is 0.253 e. The predicted octanol–water partition coefficient (Wildman–Crippen LogP) is 3.58. The summed E-state index contributed by atoms with van der Waals surface area (Å²) in [5.41, 5.74) is 5.82. The summed E-state index contributed by atoms with van der Waals surface area (Å²) < 4.78 is 16.2. The number of carbonyl (C=O) groups is 1. The van der Waals surface area contributed by atoms with Crippen LogP contribution in [0.2, 0.25) is 5.02 Å². The highest BCUT2D eigenvalue weighted by atomic mass is 35.5. The monoisotopic (exact) mass is 510 g/mol. The number of aromatic nitrogens is 1. The van der Waals surface area contributed by atoms with Crippen molar-refractivity contribution >= 4 is 45.5 Å². The first-order valence-corrected chi connectivity index (χ1v) is 11.3. The molecule has 0 saturated carbocycles. The molecular weight excluding hydrogens is 488 g/mol. The van der Waals surface area contributed by atoms with Crippen LogP contribution in [-0.4, -0.2) is 38.3 Å². The van der Waals surface area contributed by atoms with Crippen LogP contribution in [0, 0.1) is 0 Å². The lowest BCUT2D eigenvalue weighted by Gasteiger charge is -2.16. The second kappa shape index (κ2) is 10.6. The number of benzene rings is 2. The van der Waals surface area contributed by atoms with E-state index in [1.165, 1.54) is 7.11 Å². The van der Waals surface area contributed by atoms with E-state index in [-0.39, 0.29) is 22.0 Å². The molecule has 0 aliphatic rings. The molecule has 1 aromatic heterocycles. The van der Waals surface area contributed by atoms with Crippen LogP contribution in [0.25, 0.3) is 10.9 Å². The first-order chi connectivity index (χ1) is 17.3. The summed E-state index contributed by atoms with van der Waals surface area (Å²) in [5, 5.41) is 6.70. The van der Waals surface area contributed by atoms with E-state index in [0.29, 0.717) is 53.4 Å². The average molecular weight is 511 g/mol. The van der Waals surface area contributed by atoms with Gasteiger partial charge in [0.2, 0.25) is 0 Å². The molecule has 4 rings (SSSR count). The smallest absolute Gasteiger partial charge is 0.253 e. The highest BCUT2D eigenvalue weighted by Crippen LogP contribution is 2.36. The van der Waals surface area contributed by atoms with Crippen molar-refractivity contribution in [2.45, 2.75) is 6.42 Å². The summed E-state index contributed by atoms with van der Waals surface area (Å²) in [6.07, 6.45) is 2.24. The number of pyridine rings is 1. The number of primary amides is 1. The fourth-order valence-electron chi connectivity index (χ4n) is 3.63. The van der Waals surface area contributed by atoms with Crippen LogP contribution in [0.1, 0.15) is 16.8 Å². The lowest BCUT2D eigenvalue weighted by molar-refractivity contribution is 0.0997. The number of hydrogen-bond acceptors (Lipinski definition) is 9. The van der Waals surface area contributed by atoms with Gasteiger partial charge in [0.25, 0.3) is 16.8 Å². The van der Waals surface area contributed by atoms with E-state index in [4.69, 9.17) is 31.5 Å². The second-order valence-electron chi connectivity index (χ2n) is 7.79. The van der Waals surface area contributed by atoms with Crippen molar-refractivity contribution in [3.63, 3.8) is 0 Å². The van der Waals surface area contributed by atoms with Crippen LogP contribution in [0.15, 0.2) is 52.2 Å². The Morgan fingerprint density at radius 1 is 1.06 bits per heavy atom. The summed E-state index contributed by atoms with van der Waals surface area (Å²) in [5.74, 6) is 0.487. The van der Waals surface area contributed by atoms with Crippen LogP contribution >= 0.6 is 11.6 Å². The van der Waals surface area contributed by atoms with Crippen LogP contribution in [0.4, 0.5) is 17.1 Å². The lowest BCUT2D eigenvalue weighted by Crippen LogP contribution is -2.37. The number of carbonyl (C=O) groups excluding carboxylic acids is 1. The Kier molecular flexibility index (Phi) is 7.37. The van der Waals surface area contributed by atoms with Crippen LogP contribution < -0.4 is 36.7 Å². The molecule has 0 spiro atoms. The van der Waals surface area contributed by atoms with Gasteiger partial charge in [0.05, 0.1) is 28.9 Å². The number of fused-ring (bicyclic) bond motifs is 1. The normalized spacial score (nSPS) is 11.0. The first kappa shape index (κ1) is 25.0. The van der Waals surface area contributed by atoms with E-state index in [2.05, 4.69) is 15.6 Å². The number of methoxy groups -OCH3 is 2. The van der Waals surface area contributed by atoms with Crippen molar-refractivity contribution in [3.8, 4) is 17.2 Å². The molecule has 0 unspecified atom stereocenters. The van der Waals surface area contributed by atoms with Gasteiger partial charge in [-0.3, -0.25) is 19.4 Å². The molecule has 3 aromatic carbocycles. The third-order valence-corrected chi connectivity index (χ3v) is 5.77. The van der Waals surface area contributed by atoms with E-state index in [1.807, 2.05) is 0 Å². The Bertz CT molecular complexity index is 1510. The standard InChI is InChI=1S/C25H23ClN4O6/c1-34-9-3-7-29-21-22(24(32)23(21)31)30-17-5-4-13(10-16(17)26)36-19-6-8-28-18-12-20(35-2)15(25(27)33)11-14(18)19/h4-6,8,10-12,29-30H,3,7,9H2,1-2H3,(H2,27,33). The molecule has 0 aliphatic carbocycles. The van der Waals surface area contributed by atoms with E-state index in [1.54, 1.807) is 49.7 Å². The molecule has 36 heavy (non-hydrogen) atoms. The minimum atomic E-state index is -0.645. The highest BCUT2D eigenvalue weighted by molar-refractivity contribution is 6.33. The van der Waals surface area contributed by atoms with Crippen LogP contribution in [0.3, 0.4) is 0 Å². The molecule has 11 heteroatoms. The summed E-state index contributed by atoms with van der Waals surface area (Å²) >= 11 is 6.43. The zero-order valence-electron chi connectivity index (χ0n) is 19.5. The van der Waals surface area contributed by atoms with Gasteiger partial charge in [0.15, 0.2) is 0 Å². The van der Waals surface area contributed by atoms with Gasteiger partial charge in [-0.25, -0.2) is 0 Å². The van der Waals surface area contributed by atoms with Gasteiger partial charge in [-0.05, 0) is 30.7 Å².